The maximum absolute atomic E-state index is 12.1. The SMILES string of the molecule is O=C(Nc1ccc2[nH]ccc2c1)c1cc(Cl)nnc1Cl. The zero-order valence-corrected chi connectivity index (χ0v) is 11.5. The van der Waals surface area contributed by atoms with Crippen LogP contribution < -0.4 is 5.32 Å². The van der Waals surface area contributed by atoms with Gasteiger partial charge in [0.2, 0.25) is 0 Å². The number of hydrogen-bond acceptors (Lipinski definition) is 3. The molecule has 5 nitrogen and oxygen atoms in total. The molecular weight excluding hydrogens is 299 g/mol. The van der Waals surface area contributed by atoms with Crippen LogP contribution in [-0.4, -0.2) is 21.1 Å². The van der Waals surface area contributed by atoms with E-state index in [1.807, 2.05) is 24.4 Å². The number of H-pyrrole nitrogens is 1. The van der Waals surface area contributed by atoms with Gasteiger partial charge >= 0.3 is 0 Å². The van der Waals surface area contributed by atoms with Gasteiger partial charge in [-0.05, 0) is 30.3 Å². The van der Waals surface area contributed by atoms with Gasteiger partial charge in [0.15, 0.2) is 10.3 Å². The second-order valence-electron chi connectivity index (χ2n) is 4.11. The number of carbonyl (C=O) groups excluding carboxylic acids is 1. The number of anilines is 1. The summed E-state index contributed by atoms with van der Waals surface area (Å²) in [7, 11) is 0. The highest BCUT2D eigenvalue weighted by molar-refractivity contribution is 6.34. The third-order valence-electron chi connectivity index (χ3n) is 2.77. The first-order valence-electron chi connectivity index (χ1n) is 5.71. The molecule has 1 amide bonds. The largest absolute Gasteiger partial charge is 0.361 e. The van der Waals surface area contributed by atoms with Crippen molar-refractivity contribution in [3.8, 4) is 0 Å². The molecule has 2 N–H and O–H groups in total. The lowest BCUT2D eigenvalue weighted by Crippen LogP contribution is -2.13. The molecule has 0 bridgehead atoms. The van der Waals surface area contributed by atoms with Crippen LogP contribution >= 0.6 is 23.2 Å². The molecule has 0 fully saturated rings. The number of nitrogens with one attached hydrogen (secondary N) is 2. The topological polar surface area (TPSA) is 70.7 Å². The molecule has 20 heavy (non-hydrogen) atoms. The predicted molar refractivity (Wildman–Crippen MR) is 78.3 cm³/mol. The predicted octanol–water partition coefficient (Wildman–Crippen LogP) is 3.52. The first-order valence-corrected chi connectivity index (χ1v) is 6.46. The minimum absolute atomic E-state index is 0.00891. The average Bonchev–Trinajstić information content (AvgIpc) is 2.89. The second-order valence-corrected chi connectivity index (χ2v) is 4.85. The van der Waals surface area contributed by atoms with E-state index in [1.54, 1.807) is 6.07 Å². The van der Waals surface area contributed by atoms with Crippen molar-refractivity contribution in [2.24, 2.45) is 0 Å². The van der Waals surface area contributed by atoms with Crippen molar-refractivity contribution in [1.29, 1.82) is 0 Å². The van der Waals surface area contributed by atoms with Crippen LogP contribution in [0.5, 0.6) is 0 Å². The summed E-state index contributed by atoms with van der Waals surface area (Å²) in [5, 5.41) is 11.0. The summed E-state index contributed by atoms with van der Waals surface area (Å²) in [5.41, 5.74) is 1.83. The summed E-state index contributed by atoms with van der Waals surface area (Å²) in [6.07, 6.45) is 1.83. The summed E-state index contributed by atoms with van der Waals surface area (Å²) in [4.78, 5) is 15.2. The van der Waals surface area contributed by atoms with E-state index in [4.69, 9.17) is 23.2 Å². The van der Waals surface area contributed by atoms with Gasteiger partial charge in [-0.15, -0.1) is 10.2 Å². The molecule has 0 unspecified atom stereocenters. The minimum atomic E-state index is -0.387. The van der Waals surface area contributed by atoms with Crippen LogP contribution in [0.25, 0.3) is 10.9 Å². The van der Waals surface area contributed by atoms with E-state index < -0.39 is 0 Å². The molecule has 0 saturated heterocycles. The first-order chi connectivity index (χ1) is 9.63. The van der Waals surface area contributed by atoms with Crippen LogP contribution in [0, 0.1) is 0 Å². The van der Waals surface area contributed by atoms with E-state index in [0.29, 0.717) is 5.69 Å². The van der Waals surface area contributed by atoms with Gasteiger partial charge in [-0.1, -0.05) is 23.2 Å². The van der Waals surface area contributed by atoms with E-state index in [0.717, 1.165) is 10.9 Å². The van der Waals surface area contributed by atoms with E-state index in [2.05, 4.69) is 20.5 Å². The Morgan fingerprint density at radius 2 is 2.00 bits per heavy atom. The van der Waals surface area contributed by atoms with Crippen LogP contribution in [0.1, 0.15) is 10.4 Å². The van der Waals surface area contributed by atoms with Crippen molar-refractivity contribution in [2.45, 2.75) is 0 Å². The Bertz CT molecular complexity index is 800. The van der Waals surface area contributed by atoms with Gasteiger partial charge in [-0.3, -0.25) is 4.79 Å². The molecule has 0 aliphatic rings. The Hall–Kier alpha value is -2.11. The molecule has 0 aliphatic heterocycles. The molecule has 0 atom stereocenters. The molecule has 0 spiro atoms. The Labute approximate surface area is 123 Å². The van der Waals surface area contributed by atoms with Gasteiger partial charge < -0.3 is 10.3 Å². The monoisotopic (exact) mass is 306 g/mol. The number of amides is 1. The van der Waals surface area contributed by atoms with Crippen LogP contribution in [0.4, 0.5) is 5.69 Å². The lowest BCUT2D eigenvalue weighted by atomic mass is 10.2. The van der Waals surface area contributed by atoms with E-state index in [9.17, 15) is 4.79 Å². The maximum Gasteiger partial charge on any atom is 0.258 e. The van der Waals surface area contributed by atoms with Crippen molar-refractivity contribution >= 4 is 45.7 Å². The summed E-state index contributed by atoms with van der Waals surface area (Å²) in [5.74, 6) is -0.387. The molecule has 1 aromatic carbocycles. The van der Waals surface area contributed by atoms with E-state index in [-0.39, 0.29) is 21.8 Å². The van der Waals surface area contributed by atoms with Gasteiger partial charge in [0, 0.05) is 22.8 Å². The summed E-state index contributed by atoms with van der Waals surface area (Å²) in [6.45, 7) is 0. The Kier molecular flexibility index (Phi) is 3.30. The normalized spacial score (nSPS) is 10.7. The fraction of sp³-hybridized carbons (Fsp3) is 0. The standard InChI is InChI=1S/C13H8Cl2N4O/c14-11-6-9(12(15)19-18-11)13(20)17-8-1-2-10-7(5-8)3-4-16-10/h1-6,16H,(H,17,20). The zero-order valence-electron chi connectivity index (χ0n) is 10.0. The number of rotatable bonds is 2. The minimum Gasteiger partial charge on any atom is -0.361 e. The highest BCUT2D eigenvalue weighted by Crippen LogP contribution is 2.20. The molecule has 100 valence electrons. The number of nitrogens with zero attached hydrogens (tertiary/aromatic N) is 2. The number of aromatic amines is 1. The molecule has 7 heteroatoms. The molecule has 0 aliphatic carbocycles. The third kappa shape index (κ3) is 2.45. The van der Waals surface area contributed by atoms with Crippen molar-refractivity contribution in [3.05, 3.63) is 52.4 Å². The zero-order chi connectivity index (χ0) is 14.1. The summed E-state index contributed by atoms with van der Waals surface area (Å²) >= 11 is 11.5. The Morgan fingerprint density at radius 3 is 2.85 bits per heavy atom. The lowest BCUT2D eigenvalue weighted by molar-refractivity contribution is 0.102. The number of aromatic nitrogens is 3. The quantitative estimate of drug-likeness (QED) is 0.761. The van der Waals surface area contributed by atoms with Crippen LogP contribution in [-0.2, 0) is 0 Å². The number of benzene rings is 1. The molecule has 0 radical (unpaired) electrons. The van der Waals surface area contributed by atoms with Crippen molar-refractivity contribution in [2.75, 3.05) is 5.32 Å². The molecule has 3 aromatic rings. The highest BCUT2D eigenvalue weighted by atomic mass is 35.5. The van der Waals surface area contributed by atoms with Gasteiger partial charge in [0.05, 0.1) is 5.56 Å². The Morgan fingerprint density at radius 1 is 1.15 bits per heavy atom. The van der Waals surface area contributed by atoms with Crippen molar-refractivity contribution in [3.63, 3.8) is 0 Å². The fourth-order valence-corrected chi connectivity index (χ4v) is 2.17. The first kappa shape index (κ1) is 12.9. The van der Waals surface area contributed by atoms with Gasteiger partial charge in [-0.2, -0.15) is 0 Å². The molecular formula is C13H8Cl2N4O. The number of hydrogen-bond donors (Lipinski definition) is 2. The third-order valence-corrected chi connectivity index (χ3v) is 3.24. The number of halogens is 2. The van der Waals surface area contributed by atoms with E-state index >= 15 is 0 Å². The van der Waals surface area contributed by atoms with Gasteiger partial charge in [-0.25, -0.2) is 0 Å². The average molecular weight is 307 g/mol. The van der Waals surface area contributed by atoms with Crippen molar-refractivity contribution < 1.29 is 4.79 Å². The maximum atomic E-state index is 12.1. The fourth-order valence-electron chi connectivity index (χ4n) is 1.84. The van der Waals surface area contributed by atoms with Crippen LogP contribution in [0.2, 0.25) is 10.3 Å². The molecule has 0 saturated carbocycles. The highest BCUT2D eigenvalue weighted by Gasteiger charge is 2.13. The Balaban J connectivity index is 1.89. The van der Waals surface area contributed by atoms with Crippen LogP contribution in [0.3, 0.4) is 0 Å². The summed E-state index contributed by atoms with van der Waals surface area (Å²) in [6, 6.07) is 8.82. The lowest BCUT2D eigenvalue weighted by Gasteiger charge is -2.06. The van der Waals surface area contributed by atoms with Gasteiger partial charge in [0.25, 0.3) is 5.91 Å². The van der Waals surface area contributed by atoms with E-state index in [1.165, 1.54) is 6.07 Å². The summed E-state index contributed by atoms with van der Waals surface area (Å²) < 4.78 is 0. The smallest absolute Gasteiger partial charge is 0.258 e. The molecule has 2 heterocycles. The molecule has 2 aromatic heterocycles. The number of fused-ring (bicyclic) bond motifs is 1. The second kappa shape index (κ2) is 5.11. The van der Waals surface area contributed by atoms with Crippen LogP contribution in [0.15, 0.2) is 36.5 Å². The van der Waals surface area contributed by atoms with Gasteiger partial charge in [0.1, 0.15) is 0 Å². The molecule has 3 rings (SSSR count). The number of carbonyl (C=O) groups is 1. The van der Waals surface area contributed by atoms with Crippen molar-refractivity contribution in [1.82, 2.24) is 15.2 Å².